The van der Waals surface area contributed by atoms with Gasteiger partial charge in [-0.25, -0.2) is 4.57 Å². The predicted molar refractivity (Wildman–Crippen MR) is 196 cm³/mol. The summed E-state index contributed by atoms with van der Waals surface area (Å²) < 4.78 is 26.5. The lowest BCUT2D eigenvalue weighted by molar-refractivity contribution is -0.146. The smallest absolute Gasteiger partial charge is 0.463 e. The summed E-state index contributed by atoms with van der Waals surface area (Å²) in [7, 11) is -4.42. The van der Waals surface area contributed by atoms with E-state index in [2.05, 4.69) is 86.0 Å². The van der Waals surface area contributed by atoms with Gasteiger partial charge in [0, 0.05) is 13.0 Å². The van der Waals surface area contributed by atoms with Gasteiger partial charge >= 0.3 is 13.8 Å². The number of unbranched alkanes of at least 4 members (excludes halogenated alkanes) is 5. The van der Waals surface area contributed by atoms with Crippen LogP contribution >= 0.6 is 7.82 Å². The van der Waals surface area contributed by atoms with Gasteiger partial charge in [-0.05, 0) is 51.4 Å². The molecule has 2 unspecified atom stereocenters. The molecule has 0 aliphatic rings. The lowest BCUT2D eigenvalue weighted by Gasteiger charge is -2.15. The van der Waals surface area contributed by atoms with Crippen LogP contribution in [0.25, 0.3) is 0 Å². The molecule has 0 saturated heterocycles. The number of nitrogens with one attached hydrogen (secondary N) is 1. The average Bonchev–Trinajstić information content (AvgIpc) is 3.07. The predicted octanol–water partition coefficient (Wildman–Crippen LogP) is 8.93. The molecule has 0 saturated carbocycles. The number of amides is 1. The van der Waals surface area contributed by atoms with E-state index in [-0.39, 0.29) is 32.1 Å². The number of allylic oxidation sites excluding steroid dienone is 13. The molecular formula is C38H62NO8P. The molecule has 0 bridgehead atoms. The Kier molecular flexibility index (Phi) is 32.1. The fraction of sp³-hybridized carbons (Fsp3) is 0.579. The highest BCUT2D eigenvalue weighted by atomic mass is 31.2. The van der Waals surface area contributed by atoms with Crippen molar-refractivity contribution in [2.75, 3.05) is 26.4 Å². The van der Waals surface area contributed by atoms with E-state index in [4.69, 9.17) is 13.8 Å². The molecule has 272 valence electrons. The maximum atomic E-state index is 12.0. The van der Waals surface area contributed by atoms with Crippen molar-refractivity contribution >= 4 is 19.7 Å². The zero-order valence-corrected chi connectivity index (χ0v) is 30.3. The molecule has 0 aliphatic heterocycles. The molecule has 0 aromatic heterocycles. The summed E-state index contributed by atoms with van der Waals surface area (Å²) in [6, 6.07) is 0. The minimum atomic E-state index is -4.42. The molecule has 3 N–H and O–H groups in total. The van der Waals surface area contributed by atoms with E-state index in [1.165, 1.54) is 19.3 Å². The molecule has 0 radical (unpaired) electrons. The SMILES string of the molecule is CC/C=C\C/C=C\C/C=C\C/C=C\C/C=C\C/C=C\C/C=C\CC(=O)OCC(O)COP(=O)(O)OCCNC(=O)CCCCCCCC. The largest absolute Gasteiger partial charge is 0.472 e. The van der Waals surface area contributed by atoms with Crippen molar-refractivity contribution in [3.63, 3.8) is 0 Å². The molecule has 2 atom stereocenters. The summed E-state index contributed by atoms with van der Waals surface area (Å²) >= 11 is 0. The molecular weight excluding hydrogens is 629 g/mol. The van der Waals surface area contributed by atoms with Crippen molar-refractivity contribution in [1.29, 1.82) is 0 Å². The molecule has 0 spiro atoms. The van der Waals surface area contributed by atoms with Crippen molar-refractivity contribution in [3.05, 3.63) is 85.1 Å². The zero-order valence-electron chi connectivity index (χ0n) is 29.4. The van der Waals surface area contributed by atoms with E-state index in [1.807, 2.05) is 12.2 Å². The van der Waals surface area contributed by atoms with Crippen molar-refractivity contribution in [2.24, 2.45) is 0 Å². The van der Waals surface area contributed by atoms with Crippen molar-refractivity contribution in [1.82, 2.24) is 5.32 Å². The van der Waals surface area contributed by atoms with Gasteiger partial charge in [-0.1, -0.05) is 131 Å². The number of ether oxygens (including phenoxy) is 1. The molecule has 0 aliphatic carbocycles. The summed E-state index contributed by atoms with van der Waals surface area (Å²) in [5, 5.41) is 12.5. The molecule has 9 nitrogen and oxygen atoms in total. The second-order valence-corrected chi connectivity index (χ2v) is 12.6. The second-order valence-electron chi connectivity index (χ2n) is 11.1. The van der Waals surface area contributed by atoms with Crippen LogP contribution in [0.1, 0.15) is 110 Å². The van der Waals surface area contributed by atoms with Crippen molar-refractivity contribution in [3.8, 4) is 0 Å². The fourth-order valence-electron chi connectivity index (χ4n) is 3.99. The van der Waals surface area contributed by atoms with Gasteiger partial charge in [0.05, 0.1) is 19.6 Å². The number of rotatable bonds is 31. The first-order valence-electron chi connectivity index (χ1n) is 17.6. The summed E-state index contributed by atoms with van der Waals surface area (Å²) in [6.07, 6.45) is 41.4. The first-order chi connectivity index (χ1) is 23.3. The van der Waals surface area contributed by atoms with E-state index in [1.54, 1.807) is 6.08 Å². The highest BCUT2D eigenvalue weighted by Gasteiger charge is 2.23. The van der Waals surface area contributed by atoms with Crippen LogP contribution in [0.3, 0.4) is 0 Å². The highest BCUT2D eigenvalue weighted by molar-refractivity contribution is 7.47. The Bertz CT molecular complexity index is 1060. The van der Waals surface area contributed by atoms with E-state index in [0.717, 1.165) is 57.8 Å². The molecule has 0 aromatic carbocycles. The Morgan fingerprint density at radius 3 is 1.67 bits per heavy atom. The third kappa shape index (κ3) is 34.5. The van der Waals surface area contributed by atoms with E-state index < -0.39 is 26.5 Å². The van der Waals surface area contributed by atoms with Gasteiger partial charge in [0.15, 0.2) is 0 Å². The van der Waals surface area contributed by atoms with Crippen LogP contribution in [0, 0.1) is 0 Å². The number of aliphatic hydroxyl groups is 1. The van der Waals surface area contributed by atoms with Gasteiger partial charge in [0.25, 0.3) is 0 Å². The van der Waals surface area contributed by atoms with Crippen LogP contribution in [-0.4, -0.2) is 54.3 Å². The van der Waals surface area contributed by atoms with Gasteiger partial charge in [-0.2, -0.15) is 0 Å². The Balaban J connectivity index is 3.83. The first-order valence-corrected chi connectivity index (χ1v) is 19.1. The molecule has 1 amide bonds. The van der Waals surface area contributed by atoms with Crippen molar-refractivity contribution in [2.45, 2.75) is 116 Å². The first kappa shape index (κ1) is 45.2. The maximum Gasteiger partial charge on any atom is 0.472 e. The third-order valence-electron chi connectivity index (χ3n) is 6.62. The van der Waals surface area contributed by atoms with Crippen LogP contribution in [-0.2, 0) is 27.9 Å². The minimum absolute atomic E-state index is 0.0440. The lowest BCUT2D eigenvalue weighted by Crippen LogP contribution is -2.27. The number of phosphoric ester groups is 1. The quantitative estimate of drug-likeness (QED) is 0.0284. The lowest BCUT2D eigenvalue weighted by atomic mass is 10.1. The Morgan fingerprint density at radius 1 is 0.667 bits per heavy atom. The monoisotopic (exact) mass is 691 g/mol. The number of hydrogen-bond donors (Lipinski definition) is 3. The van der Waals surface area contributed by atoms with Gasteiger partial charge in [0.1, 0.15) is 12.7 Å². The molecule has 0 fully saturated rings. The van der Waals surface area contributed by atoms with Gasteiger partial charge in [0.2, 0.25) is 5.91 Å². The standard InChI is InChI=1S/C38H62NO8P/c1-3-5-7-9-11-12-13-14-15-16-17-18-19-20-21-22-23-24-25-27-29-31-38(42)45-34-36(40)35-47-48(43,44)46-33-32-39-37(41)30-28-26-10-8-6-4-2/h5,7,11-12,14-15,17-18,20-21,23-24,27,29,36,40H,3-4,6,8-10,13,16,19,22,25-26,28,30-35H2,1-2H3,(H,39,41)(H,43,44)/b7-5-,12-11-,15-14-,18-17-,21-20-,24-23-,29-27-. The minimum Gasteiger partial charge on any atom is -0.463 e. The van der Waals surface area contributed by atoms with E-state index >= 15 is 0 Å². The molecule has 0 rings (SSSR count). The van der Waals surface area contributed by atoms with Crippen LogP contribution in [0.4, 0.5) is 0 Å². The van der Waals surface area contributed by atoms with E-state index in [0.29, 0.717) is 12.8 Å². The maximum absolute atomic E-state index is 12.0. The number of esters is 1. The van der Waals surface area contributed by atoms with Gasteiger partial charge in [-0.3, -0.25) is 18.6 Å². The highest BCUT2D eigenvalue weighted by Crippen LogP contribution is 2.42. The van der Waals surface area contributed by atoms with Gasteiger partial charge < -0.3 is 20.1 Å². The summed E-state index contributed by atoms with van der Waals surface area (Å²) in [4.78, 5) is 33.4. The number of carbonyl (C=O) groups excluding carboxylic acids is 2. The molecule has 10 heteroatoms. The van der Waals surface area contributed by atoms with E-state index in [9.17, 15) is 24.2 Å². The fourth-order valence-corrected chi connectivity index (χ4v) is 4.75. The van der Waals surface area contributed by atoms with Gasteiger partial charge in [-0.15, -0.1) is 0 Å². The summed E-state index contributed by atoms with van der Waals surface area (Å²) in [5.41, 5.74) is 0. The number of aliphatic hydroxyl groups excluding tert-OH is 1. The third-order valence-corrected chi connectivity index (χ3v) is 7.61. The Morgan fingerprint density at radius 2 is 1.15 bits per heavy atom. The number of hydrogen-bond acceptors (Lipinski definition) is 7. The molecule has 0 heterocycles. The van der Waals surface area contributed by atoms with Crippen molar-refractivity contribution < 1.29 is 37.9 Å². The normalized spacial score (nSPS) is 14.5. The topological polar surface area (TPSA) is 131 Å². The van der Waals surface area contributed by atoms with Crippen LogP contribution < -0.4 is 5.32 Å². The van der Waals surface area contributed by atoms with Crippen LogP contribution in [0.2, 0.25) is 0 Å². The Hall–Kier alpha value is -2.81. The second kappa shape index (κ2) is 34.1. The Labute approximate surface area is 290 Å². The summed E-state index contributed by atoms with van der Waals surface area (Å²) in [5.74, 6) is -0.670. The zero-order chi connectivity index (χ0) is 35.4. The average molecular weight is 692 g/mol. The summed E-state index contributed by atoms with van der Waals surface area (Å²) in [6.45, 7) is 3.21. The van der Waals surface area contributed by atoms with Crippen LogP contribution in [0.15, 0.2) is 85.1 Å². The van der Waals surface area contributed by atoms with Crippen LogP contribution in [0.5, 0.6) is 0 Å². The number of phosphoric acid groups is 1. The number of carbonyl (C=O) groups is 2. The molecule has 48 heavy (non-hydrogen) atoms. The molecule has 0 aromatic rings.